The fourth-order valence-electron chi connectivity index (χ4n) is 1.18. The van der Waals surface area contributed by atoms with Crippen molar-refractivity contribution in [3.05, 3.63) is 49.0 Å². The van der Waals surface area contributed by atoms with E-state index in [-0.39, 0.29) is 0 Å². The van der Waals surface area contributed by atoms with Gasteiger partial charge in [0.05, 0.1) is 19.0 Å². The Morgan fingerprint density at radius 3 is 2.87 bits per heavy atom. The molecule has 1 aromatic heterocycles. The molecular formula is C12H14N2O. The lowest BCUT2D eigenvalue weighted by Crippen LogP contribution is -2.00. The molecule has 0 aliphatic heterocycles. The van der Waals surface area contributed by atoms with Crippen molar-refractivity contribution in [3.63, 3.8) is 0 Å². The van der Waals surface area contributed by atoms with Crippen LogP contribution in [0.2, 0.25) is 0 Å². The summed E-state index contributed by atoms with van der Waals surface area (Å²) in [4.78, 5) is 8.25. The monoisotopic (exact) mass is 202 g/mol. The molecular weight excluding hydrogens is 188 g/mol. The predicted molar refractivity (Wildman–Crippen MR) is 62.3 cm³/mol. The number of methoxy groups -OCH3 is 1. The third-order valence-electron chi connectivity index (χ3n) is 1.79. The van der Waals surface area contributed by atoms with Crippen LogP contribution in [0.15, 0.2) is 48.4 Å². The quantitative estimate of drug-likeness (QED) is 0.703. The summed E-state index contributed by atoms with van der Waals surface area (Å²) in [5, 5.41) is 0. The van der Waals surface area contributed by atoms with Gasteiger partial charge < -0.3 is 4.74 Å². The molecule has 0 aliphatic carbocycles. The third kappa shape index (κ3) is 2.77. The van der Waals surface area contributed by atoms with E-state index in [2.05, 4.69) is 23.1 Å². The molecule has 0 unspecified atom stereocenters. The lowest BCUT2D eigenvalue weighted by atomic mass is 10.1. The predicted octanol–water partition coefficient (Wildman–Crippen LogP) is 2.60. The molecule has 0 aliphatic rings. The van der Waals surface area contributed by atoms with Crippen molar-refractivity contribution in [1.82, 2.24) is 4.98 Å². The summed E-state index contributed by atoms with van der Waals surface area (Å²) < 4.78 is 5.19. The molecule has 0 fully saturated rings. The summed E-state index contributed by atoms with van der Waals surface area (Å²) in [6.07, 6.45) is 5.01. The molecule has 0 bridgehead atoms. The van der Waals surface area contributed by atoms with Crippen molar-refractivity contribution < 1.29 is 4.74 Å². The molecule has 0 spiro atoms. The normalized spacial score (nSPS) is 10.9. The second-order valence-electron chi connectivity index (χ2n) is 3.01. The summed E-state index contributed by atoms with van der Waals surface area (Å²) >= 11 is 0. The number of pyridine rings is 1. The molecule has 0 amide bonds. The van der Waals surface area contributed by atoms with E-state index in [1.807, 2.05) is 13.0 Å². The molecule has 0 saturated carbocycles. The molecule has 78 valence electrons. The minimum absolute atomic E-state index is 0.678. The zero-order valence-corrected chi connectivity index (χ0v) is 9.03. The van der Waals surface area contributed by atoms with Crippen LogP contribution < -0.4 is 4.74 Å². The molecule has 0 aromatic carbocycles. The van der Waals surface area contributed by atoms with Crippen LogP contribution in [0.5, 0.6) is 5.75 Å². The Hall–Kier alpha value is -1.90. The topological polar surface area (TPSA) is 34.5 Å². The van der Waals surface area contributed by atoms with Gasteiger partial charge in [-0.15, -0.1) is 0 Å². The molecule has 3 heteroatoms. The average molecular weight is 202 g/mol. The SMILES string of the molecule is C=CC(=NC(=C)C)c1ccncc1OC. The van der Waals surface area contributed by atoms with E-state index in [4.69, 9.17) is 4.74 Å². The first-order valence-corrected chi connectivity index (χ1v) is 4.54. The number of nitrogens with zero attached hydrogens (tertiary/aromatic N) is 2. The molecule has 15 heavy (non-hydrogen) atoms. The Morgan fingerprint density at radius 1 is 1.60 bits per heavy atom. The van der Waals surface area contributed by atoms with Crippen LogP contribution in [0.1, 0.15) is 12.5 Å². The number of aliphatic imine (C=N–C) groups is 1. The highest BCUT2D eigenvalue weighted by Crippen LogP contribution is 2.17. The fourth-order valence-corrected chi connectivity index (χ4v) is 1.18. The first kappa shape index (κ1) is 11.2. The zero-order valence-electron chi connectivity index (χ0n) is 9.03. The highest BCUT2D eigenvalue weighted by Gasteiger charge is 2.06. The van der Waals surface area contributed by atoms with E-state index in [9.17, 15) is 0 Å². The molecule has 0 atom stereocenters. The van der Waals surface area contributed by atoms with Gasteiger partial charge >= 0.3 is 0 Å². The van der Waals surface area contributed by atoms with Gasteiger partial charge in [-0.25, -0.2) is 0 Å². The molecule has 0 saturated heterocycles. The van der Waals surface area contributed by atoms with Crippen LogP contribution in [-0.2, 0) is 0 Å². The lowest BCUT2D eigenvalue weighted by molar-refractivity contribution is 0.412. The summed E-state index contributed by atoms with van der Waals surface area (Å²) in [6, 6.07) is 1.84. The maximum Gasteiger partial charge on any atom is 0.146 e. The highest BCUT2D eigenvalue weighted by molar-refractivity contribution is 6.10. The smallest absolute Gasteiger partial charge is 0.146 e. The standard InChI is InChI=1S/C12H14N2O/c1-5-11(14-9(2)3)10-6-7-13-8-12(10)15-4/h5-8H,1-2H2,3-4H3. The maximum atomic E-state index is 5.19. The Labute approximate surface area is 89.8 Å². The van der Waals surface area contributed by atoms with Crippen molar-refractivity contribution in [2.24, 2.45) is 4.99 Å². The summed E-state index contributed by atoms with van der Waals surface area (Å²) in [6.45, 7) is 9.28. The zero-order chi connectivity index (χ0) is 11.3. The number of aromatic nitrogens is 1. The van der Waals surface area contributed by atoms with Gasteiger partial charge in [0.25, 0.3) is 0 Å². The number of allylic oxidation sites excluding steroid dienone is 2. The second kappa shape index (κ2) is 5.10. The van der Waals surface area contributed by atoms with E-state index in [0.29, 0.717) is 5.75 Å². The van der Waals surface area contributed by atoms with E-state index in [1.54, 1.807) is 25.6 Å². The Kier molecular flexibility index (Phi) is 3.80. The van der Waals surface area contributed by atoms with E-state index >= 15 is 0 Å². The summed E-state index contributed by atoms with van der Waals surface area (Å²) in [5.41, 5.74) is 2.33. The third-order valence-corrected chi connectivity index (χ3v) is 1.79. The van der Waals surface area contributed by atoms with Gasteiger partial charge in [-0.2, -0.15) is 0 Å². The molecule has 3 nitrogen and oxygen atoms in total. The number of rotatable bonds is 4. The first-order chi connectivity index (χ1) is 7.19. The van der Waals surface area contributed by atoms with Crippen LogP contribution in [0.25, 0.3) is 0 Å². The van der Waals surface area contributed by atoms with Gasteiger partial charge in [-0.05, 0) is 19.1 Å². The van der Waals surface area contributed by atoms with Crippen molar-refractivity contribution in [2.75, 3.05) is 7.11 Å². The van der Waals surface area contributed by atoms with Crippen molar-refractivity contribution in [1.29, 1.82) is 0 Å². The number of hydrogen-bond acceptors (Lipinski definition) is 3. The number of hydrogen-bond donors (Lipinski definition) is 0. The minimum atomic E-state index is 0.678. The molecule has 1 aromatic rings. The van der Waals surface area contributed by atoms with Gasteiger partial charge in [0.15, 0.2) is 0 Å². The van der Waals surface area contributed by atoms with Gasteiger partial charge in [-0.3, -0.25) is 9.98 Å². The van der Waals surface area contributed by atoms with Gasteiger partial charge in [0, 0.05) is 17.5 Å². The summed E-state index contributed by atoms with van der Waals surface area (Å²) in [5.74, 6) is 0.678. The summed E-state index contributed by atoms with van der Waals surface area (Å²) in [7, 11) is 1.60. The molecule has 1 rings (SSSR count). The van der Waals surface area contributed by atoms with Gasteiger partial charge in [0.1, 0.15) is 5.75 Å². The largest absolute Gasteiger partial charge is 0.494 e. The number of ether oxygens (including phenoxy) is 1. The van der Waals surface area contributed by atoms with Crippen molar-refractivity contribution in [2.45, 2.75) is 6.92 Å². The Morgan fingerprint density at radius 2 is 2.33 bits per heavy atom. The Balaban J connectivity index is 3.23. The highest BCUT2D eigenvalue weighted by atomic mass is 16.5. The molecule has 0 N–H and O–H groups in total. The lowest BCUT2D eigenvalue weighted by Gasteiger charge is -2.07. The fraction of sp³-hybridized carbons (Fsp3) is 0.167. The minimum Gasteiger partial charge on any atom is -0.494 e. The van der Waals surface area contributed by atoms with Crippen molar-refractivity contribution in [3.8, 4) is 5.75 Å². The van der Waals surface area contributed by atoms with Crippen LogP contribution in [0.3, 0.4) is 0 Å². The van der Waals surface area contributed by atoms with Crippen molar-refractivity contribution >= 4 is 5.71 Å². The van der Waals surface area contributed by atoms with Crippen LogP contribution in [0, 0.1) is 0 Å². The van der Waals surface area contributed by atoms with Crippen LogP contribution >= 0.6 is 0 Å². The van der Waals surface area contributed by atoms with Crippen LogP contribution in [0.4, 0.5) is 0 Å². The molecule has 0 radical (unpaired) electrons. The maximum absolute atomic E-state index is 5.19. The van der Waals surface area contributed by atoms with Gasteiger partial charge in [-0.1, -0.05) is 13.2 Å². The van der Waals surface area contributed by atoms with E-state index in [1.165, 1.54) is 0 Å². The first-order valence-electron chi connectivity index (χ1n) is 4.54. The Bertz CT molecular complexity index is 408. The van der Waals surface area contributed by atoms with Crippen LogP contribution in [-0.4, -0.2) is 17.8 Å². The van der Waals surface area contributed by atoms with E-state index in [0.717, 1.165) is 17.0 Å². The van der Waals surface area contributed by atoms with Gasteiger partial charge in [0.2, 0.25) is 0 Å². The average Bonchev–Trinajstić information content (AvgIpc) is 2.25. The second-order valence-corrected chi connectivity index (χ2v) is 3.01. The van der Waals surface area contributed by atoms with E-state index < -0.39 is 0 Å². The molecule has 1 heterocycles.